The Labute approximate surface area is 209 Å². The van der Waals surface area contributed by atoms with Gasteiger partial charge in [-0.15, -0.1) is 0 Å². The summed E-state index contributed by atoms with van der Waals surface area (Å²) in [5, 5.41) is 10.5. The zero-order chi connectivity index (χ0) is 25.2. The molecule has 186 valence electrons. The highest BCUT2D eigenvalue weighted by Gasteiger charge is 2.50. The molecule has 0 spiro atoms. The molecule has 2 aliphatic rings. The second-order valence-corrected chi connectivity index (χ2v) is 8.82. The monoisotopic (exact) mass is 488 g/mol. The van der Waals surface area contributed by atoms with Gasteiger partial charge in [0, 0.05) is 24.7 Å². The molecule has 1 fully saturated rings. The van der Waals surface area contributed by atoms with Crippen LogP contribution < -0.4 is 19.1 Å². The summed E-state index contributed by atoms with van der Waals surface area (Å²) in [6, 6.07) is 21.2. The van der Waals surface area contributed by atoms with Gasteiger partial charge in [-0.25, -0.2) is 4.79 Å². The lowest BCUT2D eigenvalue weighted by atomic mass is 9.83. The molecule has 8 heteroatoms. The van der Waals surface area contributed by atoms with E-state index in [2.05, 4.69) is 0 Å². The number of carbonyl (C=O) groups excluding carboxylic acids is 1. The Bertz CT molecular complexity index is 1250. The number of hydrogen-bond donors (Lipinski definition) is 1. The SMILES string of the molecule is CCN(C(=O)N1CC(c2ccc3c(c2)OCO3)[C@H](C(=O)O)[C@H]1c1ccc(OC)cc1)c1ccccc1. The smallest absolute Gasteiger partial charge is 0.325 e. The van der Waals surface area contributed by atoms with E-state index in [4.69, 9.17) is 14.2 Å². The fraction of sp³-hybridized carbons (Fsp3) is 0.286. The second kappa shape index (κ2) is 9.81. The van der Waals surface area contributed by atoms with E-state index in [1.54, 1.807) is 35.1 Å². The van der Waals surface area contributed by atoms with Crippen LogP contribution in [0.4, 0.5) is 10.5 Å². The summed E-state index contributed by atoms with van der Waals surface area (Å²) >= 11 is 0. The fourth-order valence-corrected chi connectivity index (χ4v) is 5.19. The van der Waals surface area contributed by atoms with Gasteiger partial charge >= 0.3 is 12.0 Å². The number of carboxylic acid groups (broad SMARTS) is 1. The molecular formula is C28H28N2O6. The largest absolute Gasteiger partial charge is 0.497 e. The molecule has 0 saturated carbocycles. The van der Waals surface area contributed by atoms with Crippen molar-refractivity contribution in [3.05, 3.63) is 83.9 Å². The van der Waals surface area contributed by atoms with Crippen LogP contribution in [0.25, 0.3) is 0 Å². The number of hydrogen-bond acceptors (Lipinski definition) is 5. The van der Waals surface area contributed by atoms with Crippen molar-refractivity contribution in [2.24, 2.45) is 5.92 Å². The van der Waals surface area contributed by atoms with Crippen LogP contribution in [0.3, 0.4) is 0 Å². The van der Waals surface area contributed by atoms with Crippen LogP contribution in [-0.2, 0) is 4.79 Å². The van der Waals surface area contributed by atoms with Gasteiger partial charge in [0.2, 0.25) is 6.79 Å². The van der Waals surface area contributed by atoms with Gasteiger partial charge in [-0.2, -0.15) is 0 Å². The standard InChI is InChI=1S/C28H28N2O6/c1-3-29(20-7-5-4-6-8-20)28(33)30-16-22(19-11-14-23-24(15-19)36-17-35-23)25(27(31)32)26(30)18-9-12-21(34-2)13-10-18/h4-15,22,25-26H,3,16-17H2,1-2H3,(H,31,32)/t22?,25-,26+/m0/s1. The van der Waals surface area contributed by atoms with Crippen molar-refractivity contribution in [3.8, 4) is 17.2 Å². The summed E-state index contributed by atoms with van der Waals surface area (Å²) < 4.78 is 16.3. The number of aliphatic carboxylic acids is 1. The Morgan fingerprint density at radius 1 is 1.00 bits per heavy atom. The molecule has 2 amide bonds. The number of ether oxygens (including phenoxy) is 3. The minimum Gasteiger partial charge on any atom is -0.497 e. The number of likely N-dealkylation sites (tertiary alicyclic amines) is 1. The number of carbonyl (C=O) groups is 2. The van der Waals surface area contributed by atoms with Crippen LogP contribution in [0, 0.1) is 5.92 Å². The van der Waals surface area contributed by atoms with E-state index in [1.807, 2.05) is 61.5 Å². The maximum Gasteiger partial charge on any atom is 0.325 e. The molecule has 0 bridgehead atoms. The predicted molar refractivity (Wildman–Crippen MR) is 134 cm³/mol. The summed E-state index contributed by atoms with van der Waals surface area (Å²) in [6.45, 7) is 2.73. The number of para-hydroxylation sites is 1. The number of urea groups is 1. The van der Waals surface area contributed by atoms with Crippen LogP contribution in [0.1, 0.15) is 30.0 Å². The summed E-state index contributed by atoms with van der Waals surface area (Å²) in [5.74, 6) is -0.393. The Balaban J connectivity index is 1.58. The van der Waals surface area contributed by atoms with Gasteiger partial charge in [-0.1, -0.05) is 36.4 Å². The van der Waals surface area contributed by atoms with E-state index in [-0.39, 0.29) is 19.4 Å². The lowest BCUT2D eigenvalue weighted by Gasteiger charge is -2.32. The van der Waals surface area contributed by atoms with E-state index in [9.17, 15) is 14.7 Å². The van der Waals surface area contributed by atoms with Gasteiger partial charge in [0.1, 0.15) is 5.75 Å². The van der Waals surface area contributed by atoms with E-state index >= 15 is 0 Å². The number of benzene rings is 3. The van der Waals surface area contributed by atoms with E-state index in [0.29, 0.717) is 23.8 Å². The highest BCUT2D eigenvalue weighted by Crippen LogP contribution is 2.48. The lowest BCUT2D eigenvalue weighted by Crippen LogP contribution is -2.44. The summed E-state index contributed by atoms with van der Waals surface area (Å²) in [5.41, 5.74) is 2.30. The number of fused-ring (bicyclic) bond motifs is 1. The van der Waals surface area contributed by atoms with E-state index in [1.165, 1.54) is 0 Å². The van der Waals surface area contributed by atoms with Gasteiger partial charge in [0.15, 0.2) is 11.5 Å². The number of anilines is 1. The number of rotatable bonds is 6. The minimum atomic E-state index is -0.962. The molecule has 2 heterocycles. The molecule has 3 aromatic rings. The molecule has 1 unspecified atom stereocenters. The Morgan fingerprint density at radius 2 is 1.69 bits per heavy atom. The highest BCUT2D eigenvalue weighted by atomic mass is 16.7. The predicted octanol–water partition coefficient (Wildman–Crippen LogP) is 4.91. The molecule has 5 rings (SSSR count). The first kappa shape index (κ1) is 23.5. The second-order valence-electron chi connectivity index (χ2n) is 8.82. The van der Waals surface area contributed by atoms with Crippen molar-refractivity contribution in [1.82, 2.24) is 4.90 Å². The minimum absolute atomic E-state index is 0.132. The molecule has 2 aliphatic heterocycles. The third-order valence-electron chi connectivity index (χ3n) is 6.93. The third kappa shape index (κ3) is 4.19. The number of methoxy groups -OCH3 is 1. The van der Waals surface area contributed by atoms with Gasteiger partial charge in [0.25, 0.3) is 0 Å². The molecular weight excluding hydrogens is 460 g/mol. The molecule has 0 aliphatic carbocycles. The quantitative estimate of drug-likeness (QED) is 0.530. The first-order valence-corrected chi connectivity index (χ1v) is 11.9. The van der Waals surface area contributed by atoms with E-state index in [0.717, 1.165) is 16.8 Å². The maximum absolute atomic E-state index is 14.0. The number of carboxylic acids is 1. The first-order chi connectivity index (χ1) is 17.5. The molecule has 3 atom stereocenters. The average molecular weight is 489 g/mol. The van der Waals surface area contributed by atoms with Gasteiger partial charge in [-0.05, 0) is 54.4 Å². The zero-order valence-electron chi connectivity index (χ0n) is 20.2. The number of nitrogens with zero attached hydrogens (tertiary/aromatic N) is 2. The zero-order valence-corrected chi connectivity index (χ0v) is 20.2. The maximum atomic E-state index is 14.0. The molecule has 0 aromatic heterocycles. The summed E-state index contributed by atoms with van der Waals surface area (Å²) in [7, 11) is 1.58. The van der Waals surface area contributed by atoms with Crippen molar-refractivity contribution in [2.75, 3.05) is 31.9 Å². The summed E-state index contributed by atoms with van der Waals surface area (Å²) in [6.07, 6.45) is 0. The Hall–Kier alpha value is -4.20. The molecule has 1 N–H and O–H groups in total. The van der Waals surface area contributed by atoms with Gasteiger partial charge in [0.05, 0.1) is 19.1 Å². The average Bonchev–Trinajstić information content (AvgIpc) is 3.54. The third-order valence-corrected chi connectivity index (χ3v) is 6.93. The van der Waals surface area contributed by atoms with Gasteiger partial charge in [-0.3, -0.25) is 9.69 Å². The van der Waals surface area contributed by atoms with Crippen LogP contribution in [0.5, 0.6) is 17.2 Å². The van der Waals surface area contributed by atoms with Crippen molar-refractivity contribution >= 4 is 17.7 Å². The normalized spacial score (nSPS) is 20.3. The topological polar surface area (TPSA) is 88.5 Å². The first-order valence-electron chi connectivity index (χ1n) is 11.9. The molecule has 1 saturated heterocycles. The van der Waals surface area contributed by atoms with Crippen LogP contribution in [-0.4, -0.2) is 49.0 Å². The fourth-order valence-electron chi connectivity index (χ4n) is 5.19. The van der Waals surface area contributed by atoms with Crippen LogP contribution in [0.2, 0.25) is 0 Å². The van der Waals surface area contributed by atoms with Crippen molar-refractivity contribution < 1.29 is 28.9 Å². The van der Waals surface area contributed by atoms with Crippen LogP contribution in [0.15, 0.2) is 72.8 Å². The lowest BCUT2D eigenvalue weighted by molar-refractivity contribution is -0.142. The molecule has 3 aromatic carbocycles. The van der Waals surface area contributed by atoms with E-state index < -0.39 is 23.8 Å². The Morgan fingerprint density at radius 3 is 2.36 bits per heavy atom. The Kier molecular flexibility index (Phi) is 6.41. The van der Waals surface area contributed by atoms with Crippen LogP contribution >= 0.6 is 0 Å². The molecule has 0 radical (unpaired) electrons. The summed E-state index contributed by atoms with van der Waals surface area (Å²) in [4.78, 5) is 30.1. The van der Waals surface area contributed by atoms with Crippen molar-refractivity contribution in [3.63, 3.8) is 0 Å². The number of amides is 2. The molecule has 36 heavy (non-hydrogen) atoms. The van der Waals surface area contributed by atoms with Gasteiger partial charge < -0.3 is 24.2 Å². The van der Waals surface area contributed by atoms with Crippen molar-refractivity contribution in [1.29, 1.82) is 0 Å². The highest BCUT2D eigenvalue weighted by molar-refractivity contribution is 5.93. The molecule has 8 nitrogen and oxygen atoms in total. The van der Waals surface area contributed by atoms with Crippen molar-refractivity contribution in [2.45, 2.75) is 18.9 Å².